The fraction of sp³-hybridized carbons (Fsp3) is 0.208. The molecule has 0 aliphatic rings. The first-order valence-electron chi connectivity index (χ1n) is 10.5. The molecule has 1 aromatic carbocycles. The molecule has 0 spiro atoms. The van der Waals surface area contributed by atoms with Crippen LogP contribution in [0.1, 0.15) is 22.7 Å². The fourth-order valence-corrected chi connectivity index (χ4v) is 3.47. The molecule has 0 saturated carbocycles. The maximum absolute atomic E-state index is 13.1. The Morgan fingerprint density at radius 2 is 1.76 bits per heavy atom. The Hall–Kier alpha value is -4.29. The Morgan fingerprint density at radius 1 is 1.00 bits per heavy atom. The summed E-state index contributed by atoms with van der Waals surface area (Å²) < 4.78 is 3.39. The Labute approximate surface area is 191 Å². The van der Waals surface area contributed by atoms with Gasteiger partial charge in [-0.15, -0.1) is 0 Å². The van der Waals surface area contributed by atoms with E-state index in [1.54, 1.807) is 46.2 Å². The zero-order chi connectivity index (χ0) is 23.2. The summed E-state index contributed by atoms with van der Waals surface area (Å²) in [5.74, 6) is 0.250. The van der Waals surface area contributed by atoms with Crippen molar-refractivity contribution in [2.45, 2.75) is 12.5 Å². The zero-order valence-electron chi connectivity index (χ0n) is 18.4. The number of nitrogens with zero attached hydrogens (tertiary/aromatic N) is 6. The number of aryl methyl sites for hydroxylation is 2. The standard InChI is InChI=1S/C24H24N8O/c1-31-15-20(13-28-31)19-7-8-22(27-12-19)30-24(33)23(21-14-29-32(2)16-21)26-10-9-17-3-5-18(11-25)6-4-17/h3-8,12-16,23,26H,9-10H2,1-2H3,(H,27,30,33). The van der Waals surface area contributed by atoms with Gasteiger partial charge in [-0.25, -0.2) is 4.98 Å². The van der Waals surface area contributed by atoms with Crippen LogP contribution in [0, 0.1) is 11.3 Å². The first-order chi connectivity index (χ1) is 16.0. The van der Waals surface area contributed by atoms with Crippen LogP contribution < -0.4 is 10.6 Å². The van der Waals surface area contributed by atoms with Gasteiger partial charge in [-0.05, 0) is 36.2 Å². The molecular formula is C24H24N8O. The van der Waals surface area contributed by atoms with Gasteiger partial charge < -0.3 is 10.6 Å². The Balaban J connectivity index is 1.42. The molecule has 1 unspecified atom stereocenters. The lowest BCUT2D eigenvalue weighted by Crippen LogP contribution is -2.34. The van der Waals surface area contributed by atoms with Gasteiger partial charge in [-0.2, -0.15) is 15.5 Å². The Morgan fingerprint density at radius 3 is 2.36 bits per heavy atom. The van der Waals surface area contributed by atoms with Crippen molar-refractivity contribution in [2.75, 3.05) is 11.9 Å². The summed E-state index contributed by atoms with van der Waals surface area (Å²) >= 11 is 0. The molecule has 9 nitrogen and oxygen atoms in total. The number of nitrogens with one attached hydrogen (secondary N) is 2. The summed E-state index contributed by atoms with van der Waals surface area (Å²) in [7, 11) is 3.67. The number of nitriles is 1. The zero-order valence-corrected chi connectivity index (χ0v) is 18.4. The van der Waals surface area contributed by atoms with E-state index in [4.69, 9.17) is 5.26 Å². The maximum Gasteiger partial charge on any atom is 0.247 e. The first-order valence-corrected chi connectivity index (χ1v) is 10.5. The third-order valence-corrected chi connectivity index (χ3v) is 5.22. The lowest BCUT2D eigenvalue weighted by molar-refractivity contribution is -0.118. The largest absolute Gasteiger partial charge is 0.309 e. The van der Waals surface area contributed by atoms with Gasteiger partial charge >= 0.3 is 0 Å². The molecule has 0 fully saturated rings. The first kappa shape index (κ1) is 21.9. The number of anilines is 1. The highest BCUT2D eigenvalue weighted by atomic mass is 16.2. The molecule has 2 N–H and O–H groups in total. The lowest BCUT2D eigenvalue weighted by atomic mass is 10.1. The lowest BCUT2D eigenvalue weighted by Gasteiger charge is -2.17. The molecule has 0 radical (unpaired) electrons. The number of benzene rings is 1. The molecule has 0 bridgehead atoms. The number of carbonyl (C=O) groups excluding carboxylic acids is 1. The third-order valence-electron chi connectivity index (χ3n) is 5.22. The van der Waals surface area contributed by atoms with Crippen LogP contribution in [0.15, 0.2) is 67.4 Å². The normalized spacial score (nSPS) is 11.7. The average molecular weight is 441 g/mol. The highest BCUT2D eigenvalue weighted by Crippen LogP contribution is 2.20. The molecule has 0 saturated heterocycles. The molecule has 166 valence electrons. The van der Waals surface area contributed by atoms with E-state index in [0.29, 0.717) is 24.3 Å². The van der Waals surface area contributed by atoms with Crippen molar-refractivity contribution in [3.05, 3.63) is 84.1 Å². The topological polar surface area (TPSA) is 113 Å². The summed E-state index contributed by atoms with van der Waals surface area (Å²) in [6.07, 6.45) is 9.60. The van der Waals surface area contributed by atoms with Gasteiger partial charge in [-0.1, -0.05) is 12.1 Å². The number of amides is 1. The summed E-state index contributed by atoms with van der Waals surface area (Å²) in [4.78, 5) is 17.5. The van der Waals surface area contributed by atoms with Gasteiger partial charge in [0.15, 0.2) is 0 Å². The van der Waals surface area contributed by atoms with Crippen LogP contribution in [0.4, 0.5) is 5.82 Å². The van der Waals surface area contributed by atoms with Crippen LogP contribution in [-0.4, -0.2) is 37.0 Å². The predicted octanol–water partition coefficient (Wildman–Crippen LogP) is 2.60. The van der Waals surface area contributed by atoms with Crippen molar-refractivity contribution < 1.29 is 4.79 Å². The van der Waals surface area contributed by atoms with Crippen molar-refractivity contribution in [3.63, 3.8) is 0 Å². The second kappa shape index (κ2) is 9.89. The van der Waals surface area contributed by atoms with Gasteiger partial charge in [0.2, 0.25) is 5.91 Å². The number of hydrogen-bond acceptors (Lipinski definition) is 6. The van der Waals surface area contributed by atoms with Crippen LogP contribution >= 0.6 is 0 Å². The van der Waals surface area contributed by atoms with E-state index < -0.39 is 6.04 Å². The van der Waals surface area contributed by atoms with Gasteiger partial charge in [0.1, 0.15) is 11.9 Å². The van der Waals surface area contributed by atoms with E-state index in [9.17, 15) is 4.79 Å². The monoisotopic (exact) mass is 440 g/mol. The third kappa shape index (κ3) is 5.50. The van der Waals surface area contributed by atoms with Crippen molar-refractivity contribution in [3.8, 4) is 17.2 Å². The van der Waals surface area contributed by atoms with E-state index in [0.717, 1.165) is 22.3 Å². The highest BCUT2D eigenvalue weighted by Gasteiger charge is 2.22. The number of rotatable bonds is 8. The van der Waals surface area contributed by atoms with Crippen molar-refractivity contribution in [1.82, 2.24) is 29.9 Å². The molecule has 33 heavy (non-hydrogen) atoms. The van der Waals surface area contributed by atoms with E-state index >= 15 is 0 Å². The van der Waals surface area contributed by atoms with Gasteiger partial charge in [-0.3, -0.25) is 14.2 Å². The second-order valence-electron chi connectivity index (χ2n) is 7.72. The fourth-order valence-electron chi connectivity index (χ4n) is 3.47. The highest BCUT2D eigenvalue weighted by molar-refractivity contribution is 5.94. The molecule has 3 heterocycles. The van der Waals surface area contributed by atoms with Crippen LogP contribution in [0.2, 0.25) is 0 Å². The van der Waals surface area contributed by atoms with Crippen LogP contribution in [-0.2, 0) is 25.3 Å². The molecule has 1 amide bonds. The van der Waals surface area contributed by atoms with Gasteiger partial charge in [0.05, 0.1) is 24.0 Å². The molecule has 0 aliphatic heterocycles. The van der Waals surface area contributed by atoms with Crippen molar-refractivity contribution >= 4 is 11.7 Å². The number of aromatic nitrogens is 5. The van der Waals surface area contributed by atoms with Crippen LogP contribution in [0.3, 0.4) is 0 Å². The molecule has 3 aromatic heterocycles. The number of carbonyl (C=O) groups is 1. The minimum Gasteiger partial charge on any atom is -0.309 e. The quantitative estimate of drug-likeness (QED) is 0.435. The maximum atomic E-state index is 13.1. The predicted molar refractivity (Wildman–Crippen MR) is 124 cm³/mol. The summed E-state index contributed by atoms with van der Waals surface area (Å²) in [6, 6.07) is 12.6. The number of pyridine rings is 1. The van der Waals surface area contributed by atoms with Crippen LogP contribution in [0.5, 0.6) is 0 Å². The van der Waals surface area contributed by atoms with E-state index in [2.05, 4.69) is 31.9 Å². The van der Waals surface area contributed by atoms with E-state index in [1.165, 1.54) is 0 Å². The van der Waals surface area contributed by atoms with E-state index in [-0.39, 0.29) is 5.91 Å². The minimum atomic E-state index is -0.586. The molecule has 4 aromatic rings. The molecule has 4 rings (SSSR count). The van der Waals surface area contributed by atoms with Gasteiger partial charge in [0.25, 0.3) is 0 Å². The number of hydrogen-bond donors (Lipinski definition) is 2. The minimum absolute atomic E-state index is 0.218. The summed E-state index contributed by atoms with van der Waals surface area (Å²) in [5.41, 5.74) is 4.36. The summed E-state index contributed by atoms with van der Waals surface area (Å²) in [5, 5.41) is 23.5. The van der Waals surface area contributed by atoms with Crippen molar-refractivity contribution in [2.24, 2.45) is 14.1 Å². The SMILES string of the molecule is Cn1cc(-c2ccc(NC(=O)C(NCCc3ccc(C#N)cc3)c3cnn(C)c3)nc2)cn1. The Bertz CT molecular complexity index is 1270. The van der Waals surface area contributed by atoms with Crippen LogP contribution in [0.25, 0.3) is 11.1 Å². The van der Waals surface area contributed by atoms with E-state index in [1.807, 2.05) is 44.7 Å². The second-order valence-corrected chi connectivity index (χ2v) is 7.72. The summed E-state index contributed by atoms with van der Waals surface area (Å²) in [6.45, 7) is 0.576. The molecule has 9 heteroatoms. The van der Waals surface area contributed by atoms with Gasteiger partial charge in [0, 0.05) is 55.9 Å². The Kier molecular flexibility index (Phi) is 6.57. The molecule has 1 atom stereocenters. The molecule has 0 aliphatic carbocycles. The van der Waals surface area contributed by atoms with Crippen molar-refractivity contribution in [1.29, 1.82) is 5.26 Å². The molecular weight excluding hydrogens is 416 g/mol. The smallest absolute Gasteiger partial charge is 0.247 e. The average Bonchev–Trinajstić information content (AvgIpc) is 3.45.